The molecule has 2 heterocycles. The van der Waals surface area contributed by atoms with Crippen molar-refractivity contribution in [3.63, 3.8) is 0 Å². The number of hydrogen-bond donors (Lipinski definition) is 0. The summed E-state index contributed by atoms with van der Waals surface area (Å²) in [5.41, 5.74) is 3.59. The molecule has 1 aliphatic rings. The van der Waals surface area contributed by atoms with Crippen LogP contribution in [0.3, 0.4) is 0 Å². The fourth-order valence-corrected chi connectivity index (χ4v) is 2.93. The summed E-state index contributed by atoms with van der Waals surface area (Å²) in [4.78, 5) is 16.6. The van der Waals surface area contributed by atoms with Crippen molar-refractivity contribution in [3.05, 3.63) is 45.9 Å². The van der Waals surface area contributed by atoms with E-state index in [1.54, 1.807) is 12.4 Å². The number of nitrogens with zero attached hydrogens (tertiary/aromatic N) is 1. The van der Waals surface area contributed by atoms with E-state index in [1.807, 2.05) is 24.3 Å². The first-order valence-corrected chi connectivity index (χ1v) is 7.42. The lowest BCUT2D eigenvalue weighted by molar-refractivity contribution is 0.0739. The second-order valence-corrected chi connectivity index (χ2v) is 5.64. The second kappa shape index (κ2) is 5.73. The Labute approximate surface area is 121 Å². The van der Waals surface area contributed by atoms with Crippen molar-refractivity contribution in [1.29, 1.82) is 0 Å². The molecule has 0 bridgehead atoms. The quantitative estimate of drug-likeness (QED) is 0.643. The molecule has 20 heavy (non-hydrogen) atoms. The lowest BCUT2D eigenvalue weighted by Crippen LogP contribution is -2.08. The van der Waals surface area contributed by atoms with Crippen molar-refractivity contribution in [2.75, 3.05) is 13.2 Å². The van der Waals surface area contributed by atoms with Crippen LogP contribution in [0.1, 0.15) is 33.3 Å². The maximum absolute atomic E-state index is 12.0. The van der Waals surface area contributed by atoms with E-state index in [1.165, 1.54) is 16.9 Å². The monoisotopic (exact) mass is 289 g/mol. The lowest BCUT2D eigenvalue weighted by atomic mass is 9.99. The summed E-state index contributed by atoms with van der Waals surface area (Å²) in [6, 6.07) is 7.67. The Morgan fingerprint density at radius 2 is 2.20 bits per heavy atom. The number of aromatic nitrogens is 1. The molecule has 1 aliphatic heterocycles. The number of thiazole rings is 1. The van der Waals surface area contributed by atoms with Crippen molar-refractivity contribution in [2.45, 2.75) is 19.3 Å². The molecule has 1 aromatic carbocycles. The second-order valence-electron chi connectivity index (χ2n) is 4.79. The van der Waals surface area contributed by atoms with E-state index in [0.717, 1.165) is 19.6 Å². The molecule has 1 atom stereocenters. The molecule has 0 radical (unpaired) electrons. The van der Waals surface area contributed by atoms with E-state index >= 15 is 0 Å². The van der Waals surface area contributed by atoms with Crippen LogP contribution in [0.4, 0.5) is 0 Å². The Hall–Kier alpha value is -1.72. The summed E-state index contributed by atoms with van der Waals surface area (Å²) in [6.07, 6.45) is 1.05. The number of carbonyl (C=O) groups excluding carboxylic acids is 1. The molecule has 0 saturated carbocycles. The van der Waals surface area contributed by atoms with Gasteiger partial charge in [0.1, 0.15) is 10.6 Å². The highest BCUT2D eigenvalue weighted by Crippen LogP contribution is 2.27. The van der Waals surface area contributed by atoms with Crippen LogP contribution in [-0.4, -0.2) is 24.2 Å². The molecule has 1 unspecified atom stereocenters. The van der Waals surface area contributed by atoms with Crippen LogP contribution < -0.4 is 4.74 Å². The first-order valence-electron chi connectivity index (χ1n) is 6.54. The highest BCUT2D eigenvalue weighted by atomic mass is 32.1. The average Bonchev–Trinajstić information content (AvgIpc) is 3.10. The van der Waals surface area contributed by atoms with E-state index in [4.69, 9.17) is 9.47 Å². The molecule has 3 rings (SSSR count). The Bertz CT molecular complexity index is 600. The summed E-state index contributed by atoms with van der Waals surface area (Å²) >= 11 is 1.30. The maximum atomic E-state index is 12.0. The van der Waals surface area contributed by atoms with Gasteiger partial charge in [0.25, 0.3) is 0 Å². The zero-order valence-corrected chi connectivity index (χ0v) is 12.0. The fraction of sp³-hybridized carbons (Fsp3) is 0.333. The maximum Gasteiger partial charge on any atom is 0.355 e. The van der Waals surface area contributed by atoms with Crippen molar-refractivity contribution < 1.29 is 14.3 Å². The Kier molecular flexibility index (Phi) is 3.80. The summed E-state index contributed by atoms with van der Waals surface area (Å²) in [6.45, 7) is 3.40. The molecule has 5 heteroatoms. The van der Waals surface area contributed by atoms with Crippen LogP contribution in [0.2, 0.25) is 0 Å². The van der Waals surface area contributed by atoms with Crippen molar-refractivity contribution in [3.8, 4) is 5.75 Å². The molecule has 0 amide bonds. The van der Waals surface area contributed by atoms with E-state index in [0.29, 0.717) is 22.2 Å². The van der Waals surface area contributed by atoms with Crippen LogP contribution in [-0.2, 0) is 4.74 Å². The largest absolute Gasteiger partial charge is 0.422 e. The van der Waals surface area contributed by atoms with E-state index < -0.39 is 0 Å². The minimum absolute atomic E-state index is 0.345. The summed E-state index contributed by atoms with van der Waals surface area (Å²) in [5, 5.41) is 0. The third-order valence-corrected chi connectivity index (χ3v) is 4.33. The average molecular weight is 289 g/mol. The van der Waals surface area contributed by atoms with Crippen LogP contribution in [0.15, 0.2) is 29.8 Å². The summed E-state index contributed by atoms with van der Waals surface area (Å²) in [7, 11) is 0. The van der Waals surface area contributed by atoms with Gasteiger partial charge in [-0.1, -0.05) is 12.1 Å². The predicted molar refractivity (Wildman–Crippen MR) is 76.4 cm³/mol. The van der Waals surface area contributed by atoms with Crippen LogP contribution in [0.5, 0.6) is 5.75 Å². The minimum atomic E-state index is -0.345. The molecule has 0 aliphatic carbocycles. The first kappa shape index (κ1) is 13.3. The van der Waals surface area contributed by atoms with Gasteiger partial charge in [0.15, 0.2) is 0 Å². The molecule has 104 valence electrons. The number of rotatable bonds is 3. The van der Waals surface area contributed by atoms with Crippen molar-refractivity contribution in [2.24, 2.45) is 0 Å². The molecule has 1 fully saturated rings. The number of hydrogen-bond acceptors (Lipinski definition) is 5. The van der Waals surface area contributed by atoms with Gasteiger partial charge in [0.05, 0.1) is 17.8 Å². The number of benzene rings is 1. The molecule has 1 aromatic heterocycles. The van der Waals surface area contributed by atoms with E-state index in [9.17, 15) is 4.79 Å². The Balaban J connectivity index is 1.69. The summed E-state index contributed by atoms with van der Waals surface area (Å²) < 4.78 is 10.7. The Morgan fingerprint density at radius 3 is 2.80 bits per heavy atom. The van der Waals surface area contributed by atoms with Crippen LogP contribution in [0.25, 0.3) is 0 Å². The molecular formula is C15H15NO3S. The molecule has 0 N–H and O–H groups in total. The molecule has 1 saturated heterocycles. The zero-order chi connectivity index (χ0) is 13.9. The van der Waals surface area contributed by atoms with Crippen molar-refractivity contribution in [1.82, 2.24) is 4.98 Å². The smallest absolute Gasteiger partial charge is 0.355 e. The number of aryl methyl sites for hydroxylation is 1. The zero-order valence-electron chi connectivity index (χ0n) is 11.2. The van der Waals surface area contributed by atoms with Crippen molar-refractivity contribution >= 4 is 17.3 Å². The summed E-state index contributed by atoms with van der Waals surface area (Å²) in [5.74, 6) is 0.677. The third kappa shape index (κ3) is 2.73. The molecular weight excluding hydrogens is 274 g/mol. The van der Waals surface area contributed by atoms with E-state index in [-0.39, 0.29) is 5.97 Å². The molecule has 0 spiro atoms. The highest BCUT2D eigenvalue weighted by molar-refractivity contribution is 7.11. The van der Waals surface area contributed by atoms with Gasteiger partial charge in [-0.15, -0.1) is 11.3 Å². The van der Waals surface area contributed by atoms with Gasteiger partial charge in [0.2, 0.25) is 0 Å². The van der Waals surface area contributed by atoms with Crippen LogP contribution in [0, 0.1) is 6.92 Å². The Morgan fingerprint density at radius 1 is 1.40 bits per heavy atom. The van der Waals surface area contributed by atoms with Gasteiger partial charge in [-0.3, -0.25) is 0 Å². The topological polar surface area (TPSA) is 48.4 Å². The van der Waals surface area contributed by atoms with Gasteiger partial charge in [0, 0.05) is 12.5 Å². The molecule has 2 aromatic rings. The van der Waals surface area contributed by atoms with Gasteiger partial charge in [-0.2, -0.15) is 0 Å². The lowest BCUT2D eigenvalue weighted by Gasteiger charge is -2.09. The SMILES string of the molecule is Cc1ncsc1C(=O)Oc1ccc(C2CCOC2)cc1. The third-order valence-electron chi connectivity index (χ3n) is 3.42. The standard InChI is InChI=1S/C15H15NO3S/c1-10-14(20-9-16-10)15(17)19-13-4-2-11(3-5-13)12-6-7-18-8-12/h2-5,9,12H,6-8H2,1H3. The fourth-order valence-electron chi connectivity index (χ4n) is 2.26. The first-order chi connectivity index (χ1) is 9.74. The van der Waals surface area contributed by atoms with E-state index in [2.05, 4.69) is 4.98 Å². The predicted octanol–water partition coefficient (Wildman–Crippen LogP) is 3.17. The van der Waals surface area contributed by atoms with Gasteiger partial charge < -0.3 is 9.47 Å². The van der Waals surface area contributed by atoms with Crippen LogP contribution >= 0.6 is 11.3 Å². The molecule has 4 nitrogen and oxygen atoms in total. The van der Waals surface area contributed by atoms with Gasteiger partial charge in [-0.25, -0.2) is 9.78 Å². The number of esters is 1. The van der Waals surface area contributed by atoms with Gasteiger partial charge >= 0.3 is 5.97 Å². The highest BCUT2D eigenvalue weighted by Gasteiger charge is 2.18. The number of ether oxygens (including phenoxy) is 2. The minimum Gasteiger partial charge on any atom is -0.422 e. The normalized spacial score (nSPS) is 18.1. The number of carbonyl (C=O) groups is 1. The van der Waals surface area contributed by atoms with Gasteiger partial charge in [-0.05, 0) is 31.0 Å².